The van der Waals surface area contributed by atoms with Crippen LogP contribution in [0.1, 0.15) is 10.5 Å². The van der Waals surface area contributed by atoms with Gasteiger partial charge in [0, 0.05) is 12.6 Å². The molecule has 1 aromatic rings. The lowest BCUT2D eigenvalue weighted by molar-refractivity contribution is -0.384. The van der Waals surface area contributed by atoms with Crippen LogP contribution in [0.2, 0.25) is 0 Å². The van der Waals surface area contributed by atoms with Crippen LogP contribution in [0.15, 0.2) is 12.3 Å². The molecule has 1 aromatic heterocycles. The zero-order valence-electron chi connectivity index (χ0n) is 8.90. The number of aliphatic hydroxyl groups excluding tert-OH is 1. The summed E-state index contributed by atoms with van der Waals surface area (Å²) in [5.74, 6) is -1.24. The van der Waals surface area contributed by atoms with Gasteiger partial charge in [-0.2, -0.15) is 0 Å². The van der Waals surface area contributed by atoms with Gasteiger partial charge in [-0.25, -0.2) is 4.79 Å². The maximum Gasteiger partial charge on any atom is 0.352 e. The molecule has 0 amide bonds. The average molecular weight is 244 g/mol. The summed E-state index contributed by atoms with van der Waals surface area (Å²) in [4.78, 5) is 20.7. The van der Waals surface area contributed by atoms with Gasteiger partial charge in [-0.3, -0.25) is 10.1 Å². The van der Waals surface area contributed by atoms with Gasteiger partial charge >= 0.3 is 5.97 Å². The molecule has 2 N–H and O–H groups in total. The molecule has 0 saturated carbocycles. The van der Waals surface area contributed by atoms with Crippen LogP contribution < -0.4 is 0 Å². The fraction of sp³-hybridized carbons (Fsp3) is 0.444. The molecule has 0 aliphatic rings. The number of carbonyl (C=O) groups is 1. The topological polar surface area (TPSA) is 115 Å². The summed E-state index contributed by atoms with van der Waals surface area (Å²) in [6.45, 7) is 0.367. The zero-order chi connectivity index (χ0) is 12.8. The minimum Gasteiger partial charge on any atom is -0.477 e. The van der Waals surface area contributed by atoms with Gasteiger partial charge in [0.1, 0.15) is 5.69 Å². The normalized spacial score (nSPS) is 10.4. The van der Waals surface area contributed by atoms with E-state index in [1.54, 1.807) is 0 Å². The van der Waals surface area contributed by atoms with Crippen molar-refractivity contribution in [3.05, 3.63) is 28.1 Å². The van der Waals surface area contributed by atoms with Crippen molar-refractivity contribution >= 4 is 11.7 Å². The predicted octanol–water partition coefficient (Wildman–Crippen LogP) is 0.103. The highest BCUT2D eigenvalue weighted by Gasteiger charge is 2.18. The lowest BCUT2D eigenvalue weighted by Crippen LogP contribution is -2.12. The van der Waals surface area contributed by atoms with E-state index in [4.69, 9.17) is 14.9 Å². The third kappa shape index (κ3) is 3.54. The van der Waals surface area contributed by atoms with Crippen molar-refractivity contribution in [3.63, 3.8) is 0 Å². The highest BCUT2D eigenvalue weighted by molar-refractivity contribution is 5.86. The summed E-state index contributed by atoms with van der Waals surface area (Å²) in [5.41, 5.74) is -0.436. The number of hydrogen-bond donors (Lipinski definition) is 2. The smallest absolute Gasteiger partial charge is 0.352 e. The molecule has 0 fully saturated rings. The first-order valence-corrected chi connectivity index (χ1v) is 4.82. The van der Waals surface area contributed by atoms with Gasteiger partial charge in [0.2, 0.25) is 0 Å². The predicted molar refractivity (Wildman–Crippen MR) is 56.0 cm³/mol. The number of nitro groups is 1. The maximum absolute atomic E-state index is 10.8. The van der Waals surface area contributed by atoms with Gasteiger partial charge in [-0.05, 0) is 0 Å². The van der Waals surface area contributed by atoms with Gasteiger partial charge < -0.3 is 19.5 Å². The Morgan fingerprint density at radius 1 is 1.53 bits per heavy atom. The molecular formula is C9H12N2O6. The quantitative estimate of drug-likeness (QED) is 0.399. The van der Waals surface area contributed by atoms with Crippen LogP contribution in [-0.4, -0.2) is 45.5 Å². The molecule has 0 aliphatic heterocycles. The molecule has 0 spiro atoms. The second-order valence-electron chi connectivity index (χ2n) is 3.18. The molecule has 1 heterocycles. The van der Waals surface area contributed by atoms with Crippen molar-refractivity contribution < 1.29 is 24.7 Å². The van der Waals surface area contributed by atoms with Crippen LogP contribution >= 0.6 is 0 Å². The molecule has 8 heteroatoms. The van der Waals surface area contributed by atoms with Crippen molar-refractivity contribution in [3.8, 4) is 0 Å². The molecule has 0 unspecified atom stereocenters. The second kappa shape index (κ2) is 5.97. The Hall–Kier alpha value is -1.93. The van der Waals surface area contributed by atoms with Gasteiger partial charge in [0.25, 0.3) is 5.69 Å². The van der Waals surface area contributed by atoms with Crippen LogP contribution in [0, 0.1) is 10.1 Å². The van der Waals surface area contributed by atoms with Crippen LogP contribution in [0.5, 0.6) is 0 Å². The van der Waals surface area contributed by atoms with Crippen LogP contribution in [0.25, 0.3) is 0 Å². The van der Waals surface area contributed by atoms with Crippen molar-refractivity contribution in [1.29, 1.82) is 0 Å². The van der Waals surface area contributed by atoms with Gasteiger partial charge in [-0.15, -0.1) is 0 Å². The molecule has 17 heavy (non-hydrogen) atoms. The van der Waals surface area contributed by atoms with Gasteiger partial charge in [0.05, 0.1) is 30.9 Å². The van der Waals surface area contributed by atoms with E-state index in [9.17, 15) is 14.9 Å². The average Bonchev–Trinajstić information content (AvgIpc) is 2.68. The molecule has 0 aromatic carbocycles. The van der Waals surface area contributed by atoms with E-state index < -0.39 is 10.9 Å². The Labute approximate surface area is 96.2 Å². The molecule has 0 saturated heterocycles. The van der Waals surface area contributed by atoms with Gasteiger partial charge in [0.15, 0.2) is 0 Å². The second-order valence-corrected chi connectivity index (χ2v) is 3.18. The molecule has 0 atom stereocenters. The standard InChI is InChI=1S/C9H12N2O6/c12-2-4-17-3-1-10-6-7(11(15)16)5-8(10)9(13)14/h5-6,12H,1-4H2,(H,13,14). The van der Waals surface area contributed by atoms with E-state index in [1.807, 2.05) is 0 Å². The number of carboxylic acids is 1. The minimum atomic E-state index is -1.24. The SMILES string of the molecule is O=C(O)c1cc([N+](=O)[O-])cn1CCOCCO. The van der Waals surface area contributed by atoms with Crippen molar-refractivity contribution in [2.75, 3.05) is 19.8 Å². The zero-order valence-corrected chi connectivity index (χ0v) is 8.90. The largest absolute Gasteiger partial charge is 0.477 e. The Bertz CT molecular complexity index is 414. The summed E-state index contributed by atoms with van der Waals surface area (Å²) >= 11 is 0. The fourth-order valence-electron chi connectivity index (χ4n) is 1.29. The summed E-state index contributed by atoms with van der Waals surface area (Å²) < 4.78 is 6.19. The maximum atomic E-state index is 10.8. The van der Waals surface area contributed by atoms with Crippen LogP contribution in [0.4, 0.5) is 5.69 Å². The molecule has 0 bridgehead atoms. The number of carboxylic acid groups (broad SMARTS) is 1. The first-order chi connectivity index (χ1) is 8.06. The number of rotatable bonds is 7. The first kappa shape index (κ1) is 13.1. The van der Waals surface area contributed by atoms with Crippen LogP contribution in [-0.2, 0) is 11.3 Å². The van der Waals surface area contributed by atoms with Crippen LogP contribution in [0.3, 0.4) is 0 Å². The fourth-order valence-corrected chi connectivity index (χ4v) is 1.29. The lowest BCUT2D eigenvalue weighted by Gasteiger charge is -2.05. The highest BCUT2D eigenvalue weighted by Crippen LogP contribution is 2.16. The molecule has 0 aliphatic carbocycles. The Morgan fingerprint density at radius 2 is 2.24 bits per heavy atom. The molecular weight excluding hydrogens is 232 g/mol. The number of nitrogens with zero attached hydrogens (tertiary/aromatic N) is 2. The number of aliphatic hydroxyl groups is 1. The van der Waals surface area contributed by atoms with Crippen molar-refractivity contribution in [2.45, 2.75) is 6.54 Å². The Balaban J connectivity index is 2.74. The van der Waals surface area contributed by atoms with E-state index in [1.165, 1.54) is 4.57 Å². The molecule has 8 nitrogen and oxygen atoms in total. The third-order valence-corrected chi connectivity index (χ3v) is 2.02. The summed E-state index contributed by atoms with van der Waals surface area (Å²) in [7, 11) is 0. The monoisotopic (exact) mass is 244 g/mol. The Kier molecular flexibility index (Phi) is 4.61. The first-order valence-electron chi connectivity index (χ1n) is 4.82. The summed E-state index contributed by atoms with van der Waals surface area (Å²) in [5, 5.41) is 27.8. The van der Waals surface area contributed by atoms with E-state index >= 15 is 0 Å². The van der Waals surface area contributed by atoms with Crippen molar-refractivity contribution in [1.82, 2.24) is 4.57 Å². The van der Waals surface area contributed by atoms with Gasteiger partial charge in [-0.1, -0.05) is 0 Å². The third-order valence-electron chi connectivity index (χ3n) is 2.02. The highest BCUT2D eigenvalue weighted by atomic mass is 16.6. The molecule has 0 radical (unpaired) electrons. The number of aromatic nitrogens is 1. The lowest BCUT2D eigenvalue weighted by atomic mass is 10.4. The summed E-state index contributed by atoms with van der Waals surface area (Å²) in [6, 6.07) is 0.994. The van der Waals surface area contributed by atoms with E-state index in [2.05, 4.69) is 0 Å². The Morgan fingerprint density at radius 3 is 2.76 bits per heavy atom. The number of aromatic carboxylic acids is 1. The van der Waals surface area contributed by atoms with E-state index in [0.717, 1.165) is 12.3 Å². The van der Waals surface area contributed by atoms with Crippen molar-refractivity contribution in [2.24, 2.45) is 0 Å². The number of ether oxygens (including phenoxy) is 1. The number of hydrogen-bond acceptors (Lipinski definition) is 5. The molecule has 1 rings (SSSR count). The van der Waals surface area contributed by atoms with E-state index in [0.29, 0.717) is 0 Å². The van der Waals surface area contributed by atoms with E-state index in [-0.39, 0.29) is 37.7 Å². The summed E-state index contributed by atoms with van der Waals surface area (Å²) in [6.07, 6.45) is 1.14. The molecule has 94 valence electrons. The minimum absolute atomic E-state index is 0.127.